The number of rotatable bonds is 5. The first-order chi connectivity index (χ1) is 9.23. The van der Waals surface area contributed by atoms with Crippen LogP contribution in [0.1, 0.15) is 10.5 Å². The molecule has 1 rings (SSSR count). The van der Waals surface area contributed by atoms with Crippen LogP contribution in [-0.4, -0.2) is 48.4 Å². The molecule has 20 heavy (non-hydrogen) atoms. The first-order valence-electron chi connectivity index (χ1n) is 5.31. The fourth-order valence-electron chi connectivity index (χ4n) is 1.45. The Labute approximate surface area is 111 Å². The summed E-state index contributed by atoms with van der Waals surface area (Å²) < 4.78 is 41.7. The molecule has 0 unspecified atom stereocenters. The standard InChI is InChI=1S/C11H11F3N2O4/c1-20-10(19)8-4-7(2-3-15-8)16(5-9(17)18)6-11(12,13)14/h2-4H,5-6H2,1H3,(H,17,18). The van der Waals surface area contributed by atoms with E-state index in [1.807, 2.05) is 0 Å². The van der Waals surface area contributed by atoms with Crippen molar-refractivity contribution < 1.29 is 32.6 Å². The first kappa shape index (κ1) is 15.7. The van der Waals surface area contributed by atoms with E-state index in [1.54, 1.807) is 0 Å². The minimum Gasteiger partial charge on any atom is -0.480 e. The molecule has 0 aromatic carbocycles. The zero-order valence-electron chi connectivity index (χ0n) is 10.3. The lowest BCUT2D eigenvalue weighted by molar-refractivity contribution is -0.136. The summed E-state index contributed by atoms with van der Waals surface area (Å²) in [6.45, 7) is -2.31. The highest BCUT2D eigenvalue weighted by Crippen LogP contribution is 2.22. The molecule has 0 bridgehead atoms. The lowest BCUT2D eigenvalue weighted by atomic mass is 10.2. The van der Waals surface area contributed by atoms with E-state index in [1.165, 1.54) is 6.07 Å². The number of carbonyl (C=O) groups excluding carboxylic acids is 1. The number of esters is 1. The molecule has 1 aromatic rings. The Morgan fingerprint density at radius 1 is 1.45 bits per heavy atom. The van der Waals surface area contributed by atoms with Crippen molar-refractivity contribution in [3.05, 3.63) is 24.0 Å². The predicted molar refractivity (Wildman–Crippen MR) is 61.5 cm³/mol. The molecule has 0 saturated carbocycles. The van der Waals surface area contributed by atoms with E-state index < -0.39 is 31.2 Å². The van der Waals surface area contributed by atoms with Gasteiger partial charge in [-0.3, -0.25) is 4.79 Å². The second-order valence-electron chi connectivity index (χ2n) is 3.76. The molecule has 0 atom stereocenters. The van der Waals surface area contributed by atoms with Gasteiger partial charge in [0.15, 0.2) is 0 Å². The van der Waals surface area contributed by atoms with Crippen LogP contribution in [0, 0.1) is 0 Å². The summed E-state index contributed by atoms with van der Waals surface area (Å²) in [5.74, 6) is -2.25. The van der Waals surface area contributed by atoms with Gasteiger partial charge in [-0.25, -0.2) is 9.78 Å². The molecule has 0 spiro atoms. The number of pyridine rings is 1. The van der Waals surface area contributed by atoms with Crippen molar-refractivity contribution in [1.82, 2.24) is 4.98 Å². The number of ether oxygens (including phenoxy) is 1. The average molecular weight is 292 g/mol. The molecule has 1 aromatic heterocycles. The van der Waals surface area contributed by atoms with Crippen molar-refractivity contribution in [3.8, 4) is 0 Å². The van der Waals surface area contributed by atoms with Crippen LogP contribution in [0.2, 0.25) is 0 Å². The summed E-state index contributed by atoms with van der Waals surface area (Å²) >= 11 is 0. The molecule has 1 N–H and O–H groups in total. The number of methoxy groups -OCH3 is 1. The number of hydrogen-bond donors (Lipinski definition) is 1. The predicted octanol–water partition coefficient (Wildman–Crippen LogP) is 1.32. The summed E-state index contributed by atoms with van der Waals surface area (Å²) in [7, 11) is 1.10. The van der Waals surface area contributed by atoms with Gasteiger partial charge in [-0.05, 0) is 12.1 Å². The molecule has 0 aliphatic carbocycles. The van der Waals surface area contributed by atoms with Crippen molar-refractivity contribution in [2.45, 2.75) is 6.18 Å². The third-order valence-corrected chi connectivity index (χ3v) is 2.20. The largest absolute Gasteiger partial charge is 0.480 e. The number of aromatic nitrogens is 1. The van der Waals surface area contributed by atoms with E-state index in [2.05, 4.69) is 9.72 Å². The fraction of sp³-hybridized carbons (Fsp3) is 0.364. The smallest absolute Gasteiger partial charge is 0.405 e. The van der Waals surface area contributed by atoms with Gasteiger partial charge >= 0.3 is 18.1 Å². The van der Waals surface area contributed by atoms with Crippen molar-refractivity contribution in [1.29, 1.82) is 0 Å². The Morgan fingerprint density at radius 3 is 2.60 bits per heavy atom. The lowest BCUT2D eigenvalue weighted by Crippen LogP contribution is -2.38. The maximum atomic E-state index is 12.4. The summed E-state index contributed by atoms with van der Waals surface area (Å²) in [5, 5.41) is 8.65. The summed E-state index contributed by atoms with van der Waals surface area (Å²) in [6.07, 6.45) is -3.48. The van der Waals surface area contributed by atoms with Crippen LogP contribution < -0.4 is 4.90 Å². The minimum atomic E-state index is -4.58. The van der Waals surface area contributed by atoms with Crippen molar-refractivity contribution in [2.24, 2.45) is 0 Å². The number of halogens is 3. The second kappa shape index (κ2) is 6.22. The van der Waals surface area contributed by atoms with Crippen LogP contribution in [0.3, 0.4) is 0 Å². The van der Waals surface area contributed by atoms with Crippen LogP contribution >= 0.6 is 0 Å². The van der Waals surface area contributed by atoms with Crippen molar-refractivity contribution >= 4 is 17.6 Å². The zero-order valence-corrected chi connectivity index (χ0v) is 10.3. The monoisotopic (exact) mass is 292 g/mol. The molecular weight excluding hydrogens is 281 g/mol. The Balaban J connectivity index is 3.06. The SMILES string of the molecule is COC(=O)c1cc(N(CC(=O)O)CC(F)(F)F)ccn1. The number of aliphatic carboxylic acids is 1. The third-order valence-electron chi connectivity index (χ3n) is 2.20. The topological polar surface area (TPSA) is 79.7 Å². The summed E-state index contributed by atoms with van der Waals surface area (Å²) in [6, 6.07) is 2.22. The van der Waals surface area contributed by atoms with E-state index >= 15 is 0 Å². The van der Waals surface area contributed by atoms with Crippen LogP contribution in [0.15, 0.2) is 18.3 Å². The van der Waals surface area contributed by atoms with E-state index in [0.29, 0.717) is 4.90 Å². The van der Waals surface area contributed by atoms with Crippen LogP contribution in [-0.2, 0) is 9.53 Å². The van der Waals surface area contributed by atoms with Gasteiger partial charge in [-0.2, -0.15) is 13.2 Å². The average Bonchev–Trinajstić information content (AvgIpc) is 2.35. The lowest BCUT2D eigenvalue weighted by Gasteiger charge is -2.24. The molecule has 1 heterocycles. The van der Waals surface area contributed by atoms with Gasteiger partial charge in [-0.1, -0.05) is 0 Å². The maximum Gasteiger partial charge on any atom is 0.405 e. The van der Waals surface area contributed by atoms with Crippen molar-refractivity contribution in [3.63, 3.8) is 0 Å². The van der Waals surface area contributed by atoms with Gasteiger partial charge < -0.3 is 14.7 Å². The number of carbonyl (C=O) groups is 2. The number of carboxylic acid groups (broad SMARTS) is 1. The van der Waals surface area contributed by atoms with Gasteiger partial charge in [-0.15, -0.1) is 0 Å². The highest BCUT2D eigenvalue weighted by molar-refractivity contribution is 5.88. The summed E-state index contributed by atoms with van der Waals surface area (Å²) in [5.41, 5.74) is -0.289. The first-order valence-corrected chi connectivity index (χ1v) is 5.31. The fourth-order valence-corrected chi connectivity index (χ4v) is 1.45. The van der Waals surface area contributed by atoms with Gasteiger partial charge in [0.1, 0.15) is 18.8 Å². The van der Waals surface area contributed by atoms with Crippen molar-refractivity contribution in [2.75, 3.05) is 25.1 Å². The summed E-state index contributed by atoms with van der Waals surface area (Å²) in [4.78, 5) is 26.1. The number of alkyl halides is 3. The van der Waals surface area contributed by atoms with E-state index in [9.17, 15) is 22.8 Å². The van der Waals surface area contributed by atoms with Gasteiger partial charge in [0, 0.05) is 11.9 Å². The minimum absolute atomic E-state index is 0.0832. The molecule has 0 fully saturated rings. The number of hydrogen-bond acceptors (Lipinski definition) is 5. The van der Waals surface area contributed by atoms with E-state index in [4.69, 9.17) is 5.11 Å². The molecule has 0 aliphatic rings. The van der Waals surface area contributed by atoms with Crippen LogP contribution in [0.4, 0.5) is 18.9 Å². The van der Waals surface area contributed by atoms with Crippen LogP contribution in [0.25, 0.3) is 0 Å². The highest BCUT2D eigenvalue weighted by atomic mass is 19.4. The molecule has 0 aliphatic heterocycles. The number of carboxylic acids is 1. The second-order valence-corrected chi connectivity index (χ2v) is 3.76. The third kappa shape index (κ3) is 4.75. The van der Waals surface area contributed by atoms with E-state index in [-0.39, 0.29) is 11.4 Å². The van der Waals surface area contributed by atoms with Gasteiger partial charge in [0.05, 0.1) is 7.11 Å². The molecule has 6 nitrogen and oxygen atoms in total. The van der Waals surface area contributed by atoms with Crippen LogP contribution in [0.5, 0.6) is 0 Å². The zero-order chi connectivity index (χ0) is 15.3. The molecule has 0 saturated heterocycles. The Morgan fingerprint density at radius 2 is 2.10 bits per heavy atom. The van der Waals surface area contributed by atoms with Gasteiger partial charge in [0.25, 0.3) is 0 Å². The number of nitrogens with zero attached hydrogens (tertiary/aromatic N) is 2. The normalized spacial score (nSPS) is 11.0. The Kier molecular flexibility index (Phi) is 4.89. The molecule has 9 heteroatoms. The maximum absolute atomic E-state index is 12.4. The molecule has 0 radical (unpaired) electrons. The van der Waals surface area contributed by atoms with E-state index in [0.717, 1.165) is 19.4 Å². The Bertz CT molecular complexity index is 505. The number of anilines is 1. The molecule has 0 amide bonds. The Hall–Kier alpha value is -2.32. The molecular formula is C11H11F3N2O4. The quantitative estimate of drug-likeness (QED) is 0.825. The van der Waals surface area contributed by atoms with Gasteiger partial charge in [0.2, 0.25) is 0 Å². The molecule has 110 valence electrons. The highest BCUT2D eigenvalue weighted by Gasteiger charge is 2.32.